The Hall–Kier alpha value is -2.78. The molecule has 1 saturated carbocycles. The Bertz CT molecular complexity index is 1480. The number of hydrogen-bond acceptors (Lipinski definition) is 12. The van der Waals surface area contributed by atoms with Crippen LogP contribution in [0.5, 0.6) is 0 Å². The largest absolute Gasteiger partial charge is 0.456 e. The summed E-state index contributed by atoms with van der Waals surface area (Å²) in [5, 5.41) is 34.1. The van der Waals surface area contributed by atoms with Crippen LogP contribution in [-0.2, 0) is 42.9 Å². The summed E-state index contributed by atoms with van der Waals surface area (Å²) >= 11 is 0. The molecular formula is C44H69NO12. The van der Waals surface area contributed by atoms with Gasteiger partial charge in [-0.05, 0) is 95.5 Å². The fraction of sp³-hybridized carbons (Fsp3) is 0.773. The number of esters is 1. The van der Waals surface area contributed by atoms with Gasteiger partial charge in [-0.3, -0.25) is 14.4 Å². The number of cyclic esters (lactones) is 1. The topological polar surface area (TPSA) is 178 Å². The van der Waals surface area contributed by atoms with E-state index in [2.05, 4.69) is 6.58 Å². The second kappa shape index (κ2) is 21.0. The Morgan fingerprint density at radius 1 is 0.930 bits per heavy atom. The monoisotopic (exact) mass is 803 g/mol. The summed E-state index contributed by atoms with van der Waals surface area (Å²) in [6.45, 7) is 13.1. The van der Waals surface area contributed by atoms with Crippen LogP contribution in [-0.4, -0.2) is 126 Å². The number of aliphatic hydroxyl groups excluding tert-OH is 2. The number of ketones is 2. The Kier molecular flexibility index (Phi) is 17.2. The Morgan fingerprint density at radius 2 is 1.60 bits per heavy atom. The van der Waals surface area contributed by atoms with Gasteiger partial charge in [-0.15, -0.1) is 6.58 Å². The van der Waals surface area contributed by atoms with Gasteiger partial charge in [0, 0.05) is 52.0 Å². The number of carbonyl (C=O) groups excluding carboxylic acids is 4. The SMILES string of the molecule is C=CC[C@H]1/C=C(\C)C[C@H](C)CC(OC)C2O[C@@](O)(C(=O)C(=O)N3CCCC[C@H]3C(=O)OC(/C(C)=C/[C@@H]3CCC(O)[C@H](OC)C3)C(C)[C@@H](O)CC1=O)[C@H](C)C[C@@H]2OC. The molecule has 14 atom stereocenters. The fourth-order valence-electron chi connectivity index (χ4n) is 9.42. The Balaban J connectivity index is 1.78. The number of nitrogens with zero attached hydrogens (tertiary/aromatic N) is 1. The maximum Gasteiger partial charge on any atom is 0.329 e. The van der Waals surface area contributed by atoms with Gasteiger partial charge in [0.05, 0.1) is 30.5 Å². The second-order valence-electron chi connectivity index (χ2n) is 17.3. The summed E-state index contributed by atoms with van der Waals surface area (Å²) < 4.78 is 29.7. The van der Waals surface area contributed by atoms with Gasteiger partial charge in [0.2, 0.25) is 5.79 Å². The van der Waals surface area contributed by atoms with Crippen LogP contribution in [0.2, 0.25) is 0 Å². The normalized spacial score (nSPS) is 41.0. The van der Waals surface area contributed by atoms with E-state index in [0.29, 0.717) is 56.9 Å². The van der Waals surface area contributed by atoms with Crippen molar-refractivity contribution in [2.24, 2.45) is 29.6 Å². The van der Waals surface area contributed by atoms with E-state index in [0.717, 1.165) is 5.57 Å². The zero-order chi connectivity index (χ0) is 42.2. The molecular weight excluding hydrogens is 734 g/mol. The predicted octanol–water partition coefficient (Wildman–Crippen LogP) is 4.64. The molecule has 3 N–H and O–H groups in total. The molecule has 3 heterocycles. The van der Waals surface area contributed by atoms with Crippen LogP contribution in [0.4, 0.5) is 0 Å². The molecule has 13 heteroatoms. The highest BCUT2D eigenvalue weighted by Gasteiger charge is 2.56. The van der Waals surface area contributed by atoms with Crippen molar-refractivity contribution in [3.05, 3.63) is 36.0 Å². The summed E-state index contributed by atoms with van der Waals surface area (Å²) in [5.74, 6) is -7.76. The van der Waals surface area contributed by atoms with Gasteiger partial charge in [-0.2, -0.15) is 0 Å². The van der Waals surface area contributed by atoms with Crippen LogP contribution in [0.15, 0.2) is 36.0 Å². The molecule has 1 aliphatic carbocycles. The Morgan fingerprint density at radius 3 is 2.25 bits per heavy atom. The van der Waals surface area contributed by atoms with E-state index in [1.807, 2.05) is 32.9 Å². The molecule has 57 heavy (non-hydrogen) atoms. The molecule has 0 spiro atoms. The van der Waals surface area contributed by atoms with Crippen LogP contribution in [0.1, 0.15) is 105 Å². The van der Waals surface area contributed by atoms with E-state index < -0.39 is 83.9 Å². The maximum atomic E-state index is 14.3. The quantitative estimate of drug-likeness (QED) is 0.185. The summed E-state index contributed by atoms with van der Waals surface area (Å²) in [6, 6.07) is -1.14. The molecule has 0 aromatic rings. The lowest BCUT2D eigenvalue weighted by atomic mass is 9.81. The average molecular weight is 804 g/mol. The number of aliphatic hydroxyl groups is 3. The molecule has 322 valence electrons. The van der Waals surface area contributed by atoms with Crippen molar-refractivity contribution in [3.8, 4) is 0 Å². The van der Waals surface area contributed by atoms with Gasteiger partial charge in [-0.1, -0.05) is 44.6 Å². The number of rotatable bonds is 7. The van der Waals surface area contributed by atoms with Gasteiger partial charge in [0.15, 0.2) is 0 Å². The first kappa shape index (κ1) is 46.9. The first-order chi connectivity index (χ1) is 27.0. The molecule has 13 nitrogen and oxygen atoms in total. The van der Waals surface area contributed by atoms with Crippen LogP contribution >= 0.6 is 0 Å². The van der Waals surface area contributed by atoms with E-state index in [-0.39, 0.29) is 49.5 Å². The molecule has 0 aromatic carbocycles. The summed E-state index contributed by atoms with van der Waals surface area (Å²) in [7, 11) is 4.61. The van der Waals surface area contributed by atoms with E-state index in [9.17, 15) is 34.5 Å². The minimum atomic E-state index is -2.51. The second-order valence-corrected chi connectivity index (χ2v) is 17.3. The highest BCUT2D eigenvalue weighted by molar-refractivity contribution is 6.39. The molecule has 4 aliphatic rings. The molecule has 2 bridgehead atoms. The summed E-state index contributed by atoms with van der Waals surface area (Å²) in [4.78, 5) is 57.8. The highest BCUT2D eigenvalue weighted by Crippen LogP contribution is 2.39. The van der Waals surface area contributed by atoms with Gasteiger partial charge in [0.25, 0.3) is 11.7 Å². The highest BCUT2D eigenvalue weighted by atomic mass is 16.7. The van der Waals surface area contributed by atoms with Crippen molar-refractivity contribution >= 4 is 23.4 Å². The fourth-order valence-corrected chi connectivity index (χ4v) is 9.42. The molecule has 1 amide bonds. The number of carbonyl (C=O) groups is 4. The zero-order valence-corrected chi connectivity index (χ0v) is 35.4. The van der Waals surface area contributed by atoms with Crippen molar-refractivity contribution in [1.82, 2.24) is 4.90 Å². The summed E-state index contributed by atoms with van der Waals surface area (Å²) in [6.07, 6.45) is 4.93. The summed E-state index contributed by atoms with van der Waals surface area (Å²) in [5.41, 5.74) is 1.61. The van der Waals surface area contributed by atoms with Gasteiger partial charge >= 0.3 is 5.97 Å². The zero-order valence-electron chi connectivity index (χ0n) is 35.4. The predicted molar refractivity (Wildman–Crippen MR) is 213 cm³/mol. The molecule has 3 aliphatic heterocycles. The lowest BCUT2D eigenvalue weighted by Gasteiger charge is -2.47. The minimum absolute atomic E-state index is 0.00988. The van der Waals surface area contributed by atoms with Crippen molar-refractivity contribution in [2.75, 3.05) is 27.9 Å². The third kappa shape index (κ3) is 11.3. The van der Waals surface area contributed by atoms with Gasteiger partial charge in [0.1, 0.15) is 24.0 Å². The number of piperidine rings is 1. The van der Waals surface area contributed by atoms with Crippen molar-refractivity contribution in [3.63, 3.8) is 0 Å². The molecule has 3 fully saturated rings. The van der Waals surface area contributed by atoms with Crippen molar-refractivity contribution in [2.45, 2.75) is 160 Å². The third-order valence-electron chi connectivity index (χ3n) is 12.9. The number of hydrogen-bond donors (Lipinski definition) is 3. The van der Waals surface area contributed by atoms with Gasteiger partial charge in [-0.25, -0.2) is 4.79 Å². The standard InChI is InChI=1S/C44H69NO12/c1-10-13-31-19-25(2)18-26(3)20-37(54-8)40-38(55-9)22-28(5)44(52,57-40)41(49)42(50)45-17-12-11-14-32(45)43(51)56-39(29(6)34(47)24-35(31)48)27(4)21-30-15-16-33(46)36(23-30)53-7/h10,19,21,26,28-34,36-40,46-47,52H,1,11-18,20,22-24H2,2-9H3/b25-19+,27-21+/t26-,28+,29?,30-,31-,32-,33?,34-,36+,37?,38-,39?,40?,44+/m0/s1. The first-order valence-corrected chi connectivity index (χ1v) is 20.9. The molecule has 0 radical (unpaired) electrons. The third-order valence-corrected chi connectivity index (χ3v) is 12.9. The lowest BCUT2D eigenvalue weighted by molar-refractivity contribution is -0.302. The van der Waals surface area contributed by atoms with Gasteiger partial charge < -0.3 is 43.9 Å². The van der Waals surface area contributed by atoms with E-state index in [1.54, 1.807) is 27.0 Å². The smallest absolute Gasteiger partial charge is 0.329 e. The number of ether oxygens (including phenoxy) is 5. The molecule has 4 rings (SSSR count). The van der Waals surface area contributed by atoms with E-state index in [4.69, 9.17) is 23.7 Å². The molecule has 5 unspecified atom stereocenters. The van der Waals surface area contributed by atoms with E-state index in [1.165, 1.54) is 19.1 Å². The Labute approximate surface area is 339 Å². The van der Waals surface area contributed by atoms with Crippen molar-refractivity contribution in [1.29, 1.82) is 0 Å². The van der Waals surface area contributed by atoms with Crippen LogP contribution in [0, 0.1) is 29.6 Å². The first-order valence-electron chi connectivity index (χ1n) is 20.9. The number of Topliss-reactive ketones (excluding diaryl/α,β-unsaturated/α-hetero) is 2. The van der Waals surface area contributed by atoms with E-state index >= 15 is 0 Å². The number of allylic oxidation sites excluding steroid dienone is 4. The van der Waals surface area contributed by atoms with Crippen LogP contribution < -0.4 is 0 Å². The van der Waals surface area contributed by atoms with Crippen molar-refractivity contribution < 1.29 is 58.2 Å². The number of amides is 1. The average Bonchev–Trinajstić information content (AvgIpc) is 3.18. The minimum Gasteiger partial charge on any atom is -0.456 e. The number of methoxy groups -OCH3 is 3. The lowest BCUT2D eigenvalue weighted by Crippen LogP contribution is -2.64. The maximum absolute atomic E-state index is 14.3. The van der Waals surface area contributed by atoms with Crippen LogP contribution in [0.25, 0.3) is 0 Å². The molecule has 0 aromatic heterocycles. The van der Waals surface area contributed by atoms with Crippen LogP contribution in [0.3, 0.4) is 0 Å². The number of fused-ring (bicyclic) bond motifs is 3. The molecule has 2 saturated heterocycles.